The van der Waals surface area contributed by atoms with Crippen molar-refractivity contribution < 1.29 is 22.4 Å². The number of halogens is 1. The molecule has 1 aromatic carbocycles. The van der Waals surface area contributed by atoms with Crippen LogP contribution in [0.2, 0.25) is 0 Å². The summed E-state index contributed by atoms with van der Waals surface area (Å²) in [4.78, 5) is 14.7. The smallest absolute Gasteiger partial charge is 0.290 e. The number of methoxy groups -OCH3 is 1. The molecule has 0 N–H and O–H groups in total. The Bertz CT molecular complexity index is 904. The molecule has 1 amide bonds. The van der Waals surface area contributed by atoms with Crippen LogP contribution in [0.5, 0.6) is 5.75 Å². The van der Waals surface area contributed by atoms with Gasteiger partial charge in [-0.15, -0.1) is 0 Å². The highest BCUT2D eigenvalue weighted by Gasteiger charge is 2.36. The number of carbonyl (C=O) groups is 1. The van der Waals surface area contributed by atoms with Crippen molar-refractivity contribution in [2.75, 3.05) is 18.6 Å². The van der Waals surface area contributed by atoms with Crippen molar-refractivity contribution in [1.82, 2.24) is 4.90 Å². The molecule has 26 heavy (non-hydrogen) atoms. The van der Waals surface area contributed by atoms with Gasteiger partial charge in [0.15, 0.2) is 20.3 Å². The molecule has 6 nitrogen and oxygen atoms in total. The van der Waals surface area contributed by atoms with Gasteiger partial charge >= 0.3 is 0 Å². The van der Waals surface area contributed by atoms with E-state index in [1.165, 1.54) is 0 Å². The summed E-state index contributed by atoms with van der Waals surface area (Å²) in [6.07, 6.45) is 0.436. The number of furan rings is 1. The zero-order valence-corrected chi connectivity index (χ0v) is 17.0. The number of nitrogens with zero attached hydrogens (tertiary/aromatic N) is 1. The van der Waals surface area contributed by atoms with E-state index in [0.29, 0.717) is 23.2 Å². The lowest BCUT2D eigenvalue weighted by atomic mass is 10.1. The van der Waals surface area contributed by atoms with E-state index in [1.807, 2.05) is 24.3 Å². The van der Waals surface area contributed by atoms with Crippen LogP contribution >= 0.6 is 15.9 Å². The third kappa shape index (κ3) is 4.12. The first-order valence-corrected chi connectivity index (χ1v) is 10.8. The number of hydrogen-bond donors (Lipinski definition) is 0. The highest BCUT2D eigenvalue weighted by Crippen LogP contribution is 2.26. The number of benzene rings is 1. The van der Waals surface area contributed by atoms with Crippen LogP contribution in [-0.2, 0) is 16.4 Å². The van der Waals surface area contributed by atoms with Crippen molar-refractivity contribution in [2.45, 2.75) is 25.9 Å². The molecule has 1 fully saturated rings. The van der Waals surface area contributed by atoms with Gasteiger partial charge in [-0.2, -0.15) is 0 Å². The molecule has 1 aliphatic rings. The first kappa shape index (κ1) is 19.0. The van der Waals surface area contributed by atoms with Gasteiger partial charge in [0.25, 0.3) is 5.91 Å². The summed E-state index contributed by atoms with van der Waals surface area (Å²) in [5.74, 6) is 0.738. The topological polar surface area (TPSA) is 76.8 Å². The van der Waals surface area contributed by atoms with Crippen LogP contribution in [0.4, 0.5) is 0 Å². The average molecular weight is 442 g/mol. The first-order chi connectivity index (χ1) is 12.3. The number of carbonyl (C=O) groups excluding carboxylic acids is 1. The number of ether oxygens (including phenoxy) is 1. The summed E-state index contributed by atoms with van der Waals surface area (Å²) >= 11 is 3.24. The maximum absolute atomic E-state index is 13.1. The Labute approximate surface area is 161 Å². The molecular weight excluding hydrogens is 422 g/mol. The third-order valence-electron chi connectivity index (χ3n) is 4.50. The second kappa shape index (κ2) is 7.44. The van der Waals surface area contributed by atoms with Gasteiger partial charge in [0.05, 0.1) is 18.6 Å². The first-order valence-electron chi connectivity index (χ1n) is 8.19. The van der Waals surface area contributed by atoms with E-state index in [0.717, 1.165) is 11.3 Å². The maximum Gasteiger partial charge on any atom is 0.290 e. The van der Waals surface area contributed by atoms with Gasteiger partial charge in [-0.05, 0) is 53.0 Å². The molecule has 1 aromatic heterocycles. The monoisotopic (exact) mass is 441 g/mol. The molecule has 0 bridgehead atoms. The van der Waals surface area contributed by atoms with E-state index in [4.69, 9.17) is 9.15 Å². The van der Waals surface area contributed by atoms with Crippen molar-refractivity contribution in [2.24, 2.45) is 0 Å². The van der Waals surface area contributed by atoms with E-state index in [9.17, 15) is 13.2 Å². The minimum absolute atomic E-state index is 0.0180. The van der Waals surface area contributed by atoms with Crippen LogP contribution in [0, 0.1) is 6.92 Å². The van der Waals surface area contributed by atoms with Crippen molar-refractivity contribution in [3.8, 4) is 5.75 Å². The van der Waals surface area contributed by atoms with Crippen LogP contribution in [0.1, 0.15) is 28.1 Å². The predicted octanol–water partition coefficient (Wildman–Crippen LogP) is 3.19. The number of aryl methyl sites for hydroxylation is 1. The molecule has 1 unspecified atom stereocenters. The fraction of sp³-hybridized carbons (Fsp3) is 0.389. The average Bonchev–Trinajstić information content (AvgIpc) is 3.13. The van der Waals surface area contributed by atoms with Gasteiger partial charge in [0, 0.05) is 18.2 Å². The summed E-state index contributed by atoms with van der Waals surface area (Å²) < 4.78 is 35.0. The van der Waals surface area contributed by atoms with Crippen LogP contribution in [-0.4, -0.2) is 43.9 Å². The van der Waals surface area contributed by atoms with Gasteiger partial charge < -0.3 is 14.1 Å². The Kier molecular flexibility index (Phi) is 5.43. The number of rotatable bonds is 5. The van der Waals surface area contributed by atoms with Gasteiger partial charge in [-0.3, -0.25) is 4.79 Å². The summed E-state index contributed by atoms with van der Waals surface area (Å²) in [5.41, 5.74) is 1.61. The minimum Gasteiger partial charge on any atom is -0.497 e. The second-order valence-electron chi connectivity index (χ2n) is 6.40. The predicted molar refractivity (Wildman–Crippen MR) is 101 cm³/mol. The van der Waals surface area contributed by atoms with Gasteiger partial charge in [-0.1, -0.05) is 12.1 Å². The van der Waals surface area contributed by atoms with Crippen molar-refractivity contribution in [3.05, 3.63) is 51.9 Å². The molecule has 140 valence electrons. The van der Waals surface area contributed by atoms with Crippen molar-refractivity contribution >= 4 is 31.7 Å². The number of sulfone groups is 1. The van der Waals surface area contributed by atoms with Crippen LogP contribution in [0.25, 0.3) is 0 Å². The van der Waals surface area contributed by atoms with Crippen molar-refractivity contribution in [1.29, 1.82) is 0 Å². The number of amides is 1. The largest absolute Gasteiger partial charge is 0.497 e. The fourth-order valence-electron chi connectivity index (χ4n) is 3.10. The molecule has 0 radical (unpaired) electrons. The molecule has 0 aliphatic carbocycles. The SMILES string of the molecule is COc1ccc(CN(C(=O)c2oc(Br)cc2C)C2CCS(=O)(=O)C2)cc1. The van der Waals surface area contributed by atoms with Gasteiger partial charge in [-0.25, -0.2) is 8.42 Å². The Hall–Kier alpha value is -1.80. The molecule has 1 aliphatic heterocycles. The molecule has 3 rings (SSSR count). The molecule has 2 aromatic rings. The normalized spacial score (nSPS) is 18.7. The second-order valence-corrected chi connectivity index (χ2v) is 9.41. The summed E-state index contributed by atoms with van der Waals surface area (Å²) in [6, 6.07) is 8.74. The van der Waals surface area contributed by atoms with E-state index in [1.54, 1.807) is 25.0 Å². The Morgan fingerprint density at radius 3 is 2.54 bits per heavy atom. The minimum atomic E-state index is -3.12. The van der Waals surface area contributed by atoms with E-state index >= 15 is 0 Å². The van der Waals surface area contributed by atoms with Crippen LogP contribution in [0.3, 0.4) is 0 Å². The molecule has 0 spiro atoms. The maximum atomic E-state index is 13.1. The lowest BCUT2D eigenvalue weighted by Crippen LogP contribution is -2.40. The number of hydrogen-bond acceptors (Lipinski definition) is 5. The van der Waals surface area contributed by atoms with Crippen molar-refractivity contribution in [3.63, 3.8) is 0 Å². The zero-order valence-electron chi connectivity index (χ0n) is 14.6. The molecule has 1 atom stereocenters. The summed E-state index contributed by atoms with van der Waals surface area (Å²) in [5, 5.41) is 0. The van der Waals surface area contributed by atoms with E-state index in [2.05, 4.69) is 15.9 Å². The lowest BCUT2D eigenvalue weighted by molar-refractivity contribution is 0.0645. The third-order valence-corrected chi connectivity index (χ3v) is 6.65. The van der Waals surface area contributed by atoms with E-state index < -0.39 is 9.84 Å². The highest BCUT2D eigenvalue weighted by atomic mass is 79.9. The Morgan fingerprint density at radius 1 is 1.35 bits per heavy atom. The Morgan fingerprint density at radius 2 is 2.04 bits per heavy atom. The summed E-state index contributed by atoms with van der Waals surface area (Å²) in [7, 11) is -1.53. The Balaban J connectivity index is 1.90. The fourth-order valence-corrected chi connectivity index (χ4v) is 5.34. The van der Waals surface area contributed by atoms with Crippen LogP contribution in [0.15, 0.2) is 39.4 Å². The quantitative estimate of drug-likeness (QED) is 0.711. The lowest BCUT2D eigenvalue weighted by Gasteiger charge is -2.28. The molecular formula is C18H20BrNO5S. The van der Waals surface area contributed by atoms with E-state index in [-0.39, 0.29) is 29.2 Å². The van der Waals surface area contributed by atoms with Gasteiger partial charge in [0.2, 0.25) is 0 Å². The molecule has 0 saturated carbocycles. The highest BCUT2D eigenvalue weighted by molar-refractivity contribution is 9.10. The standard InChI is InChI=1S/C18H20BrNO5S/c1-12-9-16(19)25-17(12)18(21)20(14-7-8-26(22,23)11-14)10-13-3-5-15(24-2)6-4-13/h3-6,9,14H,7-8,10-11H2,1-2H3. The molecule has 2 heterocycles. The van der Waals surface area contributed by atoms with Crippen LogP contribution < -0.4 is 4.74 Å². The molecule has 1 saturated heterocycles. The molecule has 8 heteroatoms. The van der Waals surface area contributed by atoms with Gasteiger partial charge in [0.1, 0.15) is 5.75 Å². The zero-order chi connectivity index (χ0) is 18.9. The summed E-state index contributed by atoms with van der Waals surface area (Å²) in [6.45, 7) is 2.10.